The molecule has 14 aromatic rings. The topological polar surface area (TPSA) is 66.6 Å². The summed E-state index contributed by atoms with van der Waals surface area (Å²) in [6.45, 7) is 0. The van der Waals surface area contributed by atoms with Gasteiger partial charge in [-0.2, -0.15) is 9.97 Å². The summed E-state index contributed by atoms with van der Waals surface area (Å²) in [7, 11) is 0. The first-order chi connectivity index (χ1) is 31.7. The molecule has 9 aromatic carbocycles. The van der Waals surface area contributed by atoms with E-state index in [1.807, 2.05) is 48.5 Å². The predicted molar refractivity (Wildman–Crippen MR) is 261 cm³/mol. The zero-order valence-electron chi connectivity index (χ0n) is 34.2. The molecule has 0 saturated carbocycles. The monoisotopic (exact) mass is 818 g/mol. The highest BCUT2D eigenvalue weighted by Gasteiger charge is 2.25. The molecule has 0 unspecified atom stereocenters. The third-order valence-corrected chi connectivity index (χ3v) is 12.9. The molecule has 0 aliphatic carbocycles. The van der Waals surface area contributed by atoms with Crippen LogP contribution in [0.15, 0.2) is 211 Å². The van der Waals surface area contributed by atoms with Crippen molar-refractivity contribution in [2.75, 3.05) is 0 Å². The first kappa shape index (κ1) is 34.9. The van der Waals surface area contributed by atoms with E-state index in [2.05, 4.69) is 171 Å². The average Bonchev–Trinajstić information content (AvgIpc) is 4.10. The van der Waals surface area contributed by atoms with Crippen LogP contribution in [0.25, 0.3) is 127 Å². The number of hydrogen-bond acceptors (Lipinski definition) is 4. The lowest BCUT2D eigenvalue weighted by Gasteiger charge is -2.13. The Balaban J connectivity index is 1.13. The van der Waals surface area contributed by atoms with E-state index in [-0.39, 0.29) is 0 Å². The van der Waals surface area contributed by atoms with Crippen molar-refractivity contribution in [3.05, 3.63) is 206 Å². The summed E-state index contributed by atoms with van der Waals surface area (Å²) in [6.07, 6.45) is 0. The molecule has 7 nitrogen and oxygen atoms in total. The summed E-state index contributed by atoms with van der Waals surface area (Å²) in [4.78, 5) is 16.1. The van der Waals surface area contributed by atoms with Crippen molar-refractivity contribution in [2.45, 2.75) is 0 Å². The number of aromatic nitrogens is 6. The highest BCUT2D eigenvalue weighted by atomic mass is 16.3. The van der Waals surface area contributed by atoms with E-state index in [0.717, 1.165) is 93.7 Å². The maximum atomic E-state index is 6.25. The van der Waals surface area contributed by atoms with Crippen LogP contribution in [-0.2, 0) is 0 Å². The zero-order chi connectivity index (χ0) is 41.9. The number of rotatable bonds is 5. The first-order valence-corrected chi connectivity index (χ1v) is 21.5. The molecule has 0 N–H and O–H groups in total. The molecular weight excluding hydrogens is 785 g/mol. The van der Waals surface area contributed by atoms with Crippen LogP contribution in [0.5, 0.6) is 0 Å². The largest absolute Gasteiger partial charge is 0.456 e. The number of nitrogens with zero attached hydrogens (tertiary/aromatic N) is 6. The van der Waals surface area contributed by atoms with Crippen LogP contribution in [0.4, 0.5) is 0 Å². The normalized spacial score (nSPS) is 12.1. The molecule has 0 saturated heterocycles. The van der Waals surface area contributed by atoms with Crippen molar-refractivity contribution >= 4 is 87.4 Å². The van der Waals surface area contributed by atoms with Crippen LogP contribution in [0.1, 0.15) is 0 Å². The first-order valence-electron chi connectivity index (χ1n) is 21.5. The molecule has 298 valence electrons. The third-order valence-electron chi connectivity index (χ3n) is 12.9. The zero-order valence-corrected chi connectivity index (χ0v) is 34.2. The second-order valence-corrected chi connectivity index (χ2v) is 16.4. The molecule has 0 bridgehead atoms. The van der Waals surface area contributed by atoms with Gasteiger partial charge in [0.05, 0.1) is 33.1 Å². The molecule has 0 atom stereocenters. The fraction of sp³-hybridized carbons (Fsp3) is 0. The molecule has 0 aliphatic heterocycles. The second kappa shape index (κ2) is 13.3. The highest BCUT2D eigenvalue weighted by Crippen LogP contribution is 2.43. The van der Waals surface area contributed by atoms with E-state index in [1.165, 1.54) is 16.2 Å². The lowest BCUT2D eigenvalue weighted by molar-refractivity contribution is 0.669. The minimum Gasteiger partial charge on any atom is -0.456 e. The smallest absolute Gasteiger partial charge is 0.238 e. The molecular formula is C57H34N6O. The van der Waals surface area contributed by atoms with Crippen molar-refractivity contribution < 1.29 is 4.42 Å². The van der Waals surface area contributed by atoms with E-state index in [4.69, 9.17) is 19.4 Å². The van der Waals surface area contributed by atoms with Gasteiger partial charge in [-0.3, -0.25) is 4.57 Å². The van der Waals surface area contributed by atoms with Gasteiger partial charge in [-0.1, -0.05) is 133 Å². The Kier molecular flexibility index (Phi) is 7.27. The molecule has 14 rings (SSSR count). The molecule has 0 aliphatic rings. The highest BCUT2D eigenvalue weighted by molar-refractivity contribution is 6.24. The Morgan fingerprint density at radius 2 is 0.828 bits per heavy atom. The molecule has 5 heterocycles. The Hall–Kier alpha value is -8.81. The lowest BCUT2D eigenvalue weighted by Crippen LogP contribution is -2.07. The molecule has 0 spiro atoms. The second-order valence-electron chi connectivity index (χ2n) is 16.4. The SMILES string of the molecule is c1ccc(-c2nc(-c3ccc4oc5ccccc5c4c3)nc(-n3c4ccc(-n5c6ccccc6c6ccccc65)cc4c4ccc5c6ccccc6n(-c6ccccc6)c5c43)n2)cc1. The van der Waals surface area contributed by atoms with Crippen molar-refractivity contribution in [2.24, 2.45) is 0 Å². The van der Waals surface area contributed by atoms with Crippen molar-refractivity contribution in [1.29, 1.82) is 0 Å². The summed E-state index contributed by atoms with van der Waals surface area (Å²) in [5.74, 6) is 1.69. The van der Waals surface area contributed by atoms with Gasteiger partial charge >= 0.3 is 0 Å². The number of benzene rings is 9. The van der Waals surface area contributed by atoms with Gasteiger partial charge in [-0.05, 0) is 72.8 Å². The van der Waals surface area contributed by atoms with Gasteiger partial charge in [0.2, 0.25) is 5.95 Å². The maximum absolute atomic E-state index is 6.25. The summed E-state index contributed by atoms with van der Waals surface area (Å²) in [5, 5.41) is 9.02. The fourth-order valence-corrected chi connectivity index (χ4v) is 10.1. The number of para-hydroxylation sites is 5. The van der Waals surface area contributed by atoms with Gasteiger partial charge in [-0.25, -0.2) is 4.98 Å². The Morgan fingerprint density at radius 1 is 0.297 bits per heavy atom. The van der Waals surface area contributed by atoms with E-state index in [9.17, 15) is 0 Å². The molecule has 64 heavy (non-hydrogen) atoms. The maximum Gasteiger partial charge on any atom is 0.238 e. The summed E-state index contributed by atoms with van der Waals surface area (Å²) >= 11 is 0. The predicted octanol–water partition coefficient (Wildman–Crippen LogP) is 14.4. The van der Waals surface area contributed by atoms with E-state index < -0.39 is 0 Å². The minimum absolute atomic E-state index is 0.531. The summed E-state index contributed by atoms with van der Waals surface area (Å²) in [5.41, 5.74) is 12.1. The standard InChI is InChI=1S/C57H34N6O/c1-3-15-35(16-4-1)55-58-56(36-27-32-52-46(33-36)42-22-10-14-26-51(42)64-52)60-57(59-55)63-50-31-28-38(61-47-23-11-7-19-39(47)40-20-8-12-24-48(40)61)34-45(50)44-30-29-43-41-21-9-13-25-49(41)62(53(43)54(44)63)37-17-5-2-6-18-37/h1-34H. The number of hydrogen-bond donors (Lipinski definition) is 0. The van der Waals surface area contributed by atoms with Crippen molar-refractivity contribution in [3.8, 4) is 40.1 Å². The van der Waals surface area contributed by atoms with Gasteiger partial charge in [-0.15, -0.1) is 0 Å². The van der Waals surface area contributed by atoms with Gasteiger partial charge in [0.25, 0.3) is 0 Å². The van der Waals surface area contributed by atoms with Crippen molar-refractivity contribution in [3.63, 3.8) is 0 Å². The molecule has 0 amide bonds. The fourth-order valence-electron chi connectivity index (χ4n) is 10.1. The lowest BCUT2D eigenvalue weighted by atomic mass is 10.1. The Morgan fingerprint density at radius 3 is 1.55 bits per heavy atom. The van der Waals surface area contributed by atoms with Crippen LogP contribution >= 0.6 is 0 Å². The number of furan rings is 1. The molecule has 0 fully saturated rings. The van der Waals surface area contributed by atoms with Crippen LogP contribution in [0.3, 0.4) is 0 Å². The minimum atomic E-state index is 0.531. The molecule has 7 heteroatoms. The number of fused-ring (bicyclic) bond motifs is 13. The average molecular weight is 819 g/mol. The summed E-state index contributed by atoms with van der Waals surface area (Å²) in [6, 6.07) is 72.6. The van der Waals surface area contributed by atoms with Gasteiger partial charge in [0, 0.05) is 65.6 Å². The van der Waals surface area contributed by atoms with Gasteiger partial charge in [0.1, 0.15) is 11.2 Å². The molecule has 0 radical (unpaired) electrons. The van der Waals surface area contributed by atoms with E-state index >= 15 is 0 Å². The van der Waals surface area contributed by atoms with E-state index in [1.54, 1.807) is 0 Å². The molecule has 5 aromatic heterocycles. The van der Waals surface area contributed by atoms with Crippen LogP contribution in [0.2, 0.25) is 0 Å². The van der Waals surface area contributed by atoms with Gasteiger partial charge in [0.15, 0.2) is 11.6 Å². The Labute approximate surface area is 365 Å². The third kappa shape index (κ3) is 5.00. The van der Waals surface area contributed by atoms with Crippen molar-refractivity contribution in [1.82, 2.24) is 28.7 Å². The quantitative estimate of drug-likeness (QED) is 0.173. The van der Waals surface area contributed by atoms with Crippen LogP contribution in [0, 0.1) is 0 Å². The summed E-state index contributed by atoms with van der Waals surface area (Å²) < 4.78 is 13.3. The van der Waals surface area contributed by atoms with Crippen LogP contribution < -0.4 is 0 Å². The van der Waals surface area contributed by atoms with E-state index in [0.29, 0.717) is 17.6 Å². The Bertz CT molecular complexity index is 4140. The van der Waals surface area contributed by atoms with Crippen LogP contribution in [-0.4, -0.2) is 28.7 Å². The van der Waals surface area contributed by atoms with Gasteiger partial charge < -0.3 is 13.6 Å².